The molecule has 0 aromatic carbocycles. The predicted octanol–water partition coefficient (Wildman–Crippen LogP) is 7.42. The van der Waals surface area contributed by atoms with Gasteiger partial charge in [0.2, 0.25) is 5.91 Å². The van der Waals surface area contributed by atoms with Crippen molar-refractivity contribution in [2.45, 2.75) is 197 Å². The van der Waals surface area contributed by atoms with Crippen LogP contribution < -0.4 is 5.32 Å². The molecule has 63 heavy (non-hydrogen) atoms. The summed E-state index contributed by atoms with van der Waals surface area (Å²) in [7, 11) is 0. The van der Waals surface area contributed by atoms with Gasteiger partial charge in [-0.3, -0.25) is 14.4 Å². The van der Waals surface area contributed by atoms with Crippen molar-refractivity contribution in [3.05, 3.63) is 47.3 Å². The minimum atomic E-state index is -0.875. The van der Waals surface area contributed by atoms with Gasteiger partial charge >= 0.3 is 0 Å². The maximum absolute atomic E-state index is 14.9. The molecule has 3 aromatic rings. The fraction of sp³-hybridized carbons (Fsp3) is 0.816. The summed E-state index contributed by atoms with van der Waals surface area (Å²) in [4.78, 5) is 17.1. The van der Waals surface area contributed by atoms with E-state index in [0.717, 1.165) is 62.0 Å². The first-order valence-corrected chi connectivity index (χ1v) is 24.0. The molecule has 3 unspecified atom stereocenters. The topological polar surface area (TPSA) is 165 Å². The number of hydrogen-bond donors (Lipinski definition) is 3. The average Bonchev–Trinajstić information content (AvgIpc) is 3.96. The number of fused-ring (bicyclic) bond motifs is 7. The number of carbonyl (C=O) groups excluding carboxylic acids is 1. The first kappa shape index (κ1) is 46.1. The molecule has 14 nitrogen and oxygen atoms in total. The molecule has 14 heteroatoms. The standard InChI is InChI=1S/C49H79N11O3/c1-42(2,3)59-30-33(52-55-59)27-57(28-34-31-60(56-53-34)43(4,5)6)26-32-29-58(54-51-32)23-22-50-41(63)49-21-20-44(7,8)24-36(49)35-14-15-38-46(11)18-17-39(61)45(9,10)37(46)16-19-47(38,12)48(35,13)25-40(49)62/h14,29-31,36-40,61-62H,15-28H2,1-13H3,(H,50,63)/t36?,37?,38?,39-,40+,46-,47+,48+,49+/m0/s1. The number of nitrogens with one attached hydrogen (secondary N) is 1. The summed E-state index contributed by atoms with van der Waals surface area (Å²) in [6.07, 6.45) is 15.6. The van der Waals surface area contributed by atoms with Gasteiger partial charge in [0.1, 0.15) is 0 Å². The monoisotopic (exact) mass is 870 g/mol. The zero-order chi connectivity index (χ0) is 45.8. The van der Waals surface area contributed by atoms with Crippen LogP contribution in [0, 0.1) is 50.2 Å². The van der Waals surface area contributed by atoms with E-state index in [1.54, 1.807) is 4.68 Å². The van der Waals surface area contributed by atoms with Crippen molar-refractivity contribution in [1.82, 2.24) is 55.2 Å². The molecule has 4 fully saturated rings. The second kappa shape index (κ2) is 15.6. The summed E-state index contributed by atoms with van der Waals surface area (Å²) >= 11 is 0. The van der Waals surface area contributed by atoms with Crippen molar-refractivity contribution < 1.29 is 15.0 Å². The minimum absolute atomic E-state index is 0.0118. The van der Waals surface area contributed by atoms with Crippen LogP contribution in [0.5, 0.6) is 0 Å². The third kappa shape index (κ3) is 7.83. The number of rotatable bonds is 10. The lowest BCUT2D eigenvalue weighted by Gasteiger charge is -2.71. The van der Waals surface area contributed by atoms with Gasteiger partial charge in [-0.1, -0.05) is 75.8 Å². The largest absolute Gasteiger partial charge is 0.393 e. The molecule has 0 radical (unpaired) electrons. The molecule has 3 heterocycles. The second-order valence-electron chi connectivity index (χ2n) is 24.9. The van der Waals surface area contributed by atoms with Crippen LogP contribution >= 0.6 is 0 Å². The molecule has 0 spiro atoms. The predicted molar refractivity (Wildman–Crippen MR) is 242 cm³/mol. The van der Waals surface area contributed by atoms with E-state index in [2.05, 4.69) is 137 Å². The summed E-state index contributed by atoms with van der Waals surface area (Å²) in [5.74, 6) is 0.868. The van der Waals surface area contributed by atoms with Gasteiger partial charge in [-0.05, 0) is 144 Å². The molecule has 0 bridgehead atoms. The van der Waals surface area contributed by atoms with Crippen LogP contribution in [0.4, 0.5) is 0 Å². The van der Waals surface area contributed by atoms with Crippen molar-refractivity contribution in [3.63, 3.8) is 0 Å². The number of nitrogens with zero attached hydrogens (tertiary/aromatic N) is 10. The van der Waals surface area contributed by atoms with Crippen molar-refractivity contribution in [2.75, 3.05) is 6.54 Å². The highest BCUT2D eigenvalue weighted by molar-refractivity contribution is 5.85. The van der Waals surface area contributed by atoms with Gasteiger partial charge in [0.15, 0.2) is 0 Å². The summed E-state index contributed by atoms with van der Waals surface area (Å²) < 4.78 is 5.58. The number of allylic oxidation sites excluding steroid dienone is 2. The minimum Gasteiger partial charge on any atom is -0.393 e. The number of hydrogen-bond acceptors (Lipinski definition) is 10. The molecule has 1 amide bonds. The van der Waals surface area contributed by atoms with Gasteiger partial charge < -0.3 is 15.5 Å². The van der Waals surface area contributed by atoms with Gasteiger partial charge in [0.05, 0.1) is 64.7 Å². The zero-order valence-electron chi connectivity index (χ0n) is 40.9. The third-order valence-corrected chi connectivity index (χ3v) is 17.9. The van der Waals surface area contributed by atoms with E-state index < -0.39 is 11.5 Å². The van der Waals surface area contributed by atoms with E-state index in [-0.39, 0.29) is 56.1 Å². The van der Waals surface area contributed by atoms with Gasteiger partial charge in [-0.2, -0.15) is 0 Å². The highest BCUT2D eigenvalue weighted by Gasteiger charge is 2.71. The van der Waals surface area contributed by atoms with Crippen LogP contribution in [0.15, 0.2) is 30.2 Å². The highest BCUT2D eigenvalue weighted by atomic mass is 16.3. The Bertz CT molecular complexity index is 2140. The normalized spacial score (nSPS) is 35.0. The number of amides is 1. The number of carbonyl (C=O) groups is 1. The molecular weight excluding hydrogens is 791 g/mol. The molecular formula is C49H79N11O3. The van der Waals surface area contributed by atoms with E-state index in [9.17, 15) is 15.0 Å². The van der Waals surface area contributed by atoms with Gasteiger partial charge in [0.25, 0.3) is 0 Å². The molecule has 348 valence electrons. The first-order valence-electron chi connectivity index (χ1n) is 24.0. The summed E-state index contributed by atoms with van der Waals surface area (Å²) in [6, 6.07) is 0. The molecule has 0 aliphatic heterocycles. The van der Waals surface area contributed by atoms with Crippen LogP contribution in [0.25, 0.3) is 0 Å². The smallest absolute Gasteiger partial charge is 0.229 e. The lowest BCUT2D eigenvalue weighted by Crippen LogP contribution is -2.68. The van der Waals surface area contributed by atoms with Crippen LogP contribution in [0.2, 0.25) is 0 Å². The van der Waals surface area contributed by atoms with Crippen molar-refractivity contribution >= 4 is 5.91 Å². The molecule has 4 saturated carbocycles. The SMILES string of the molecule is CC1(C)CC[C@@]2(C(=O)NCCn3cc(CN(Cc4cn(C(C)(C)C)nn4)Cc4cn(C(C)(C)C)nn4)nn3)C(C1)C1=CCC3[C@@]4(C)CC[C@H](O)C(C)(C)C4CC[C@@]3(C)[C@]1(C)C[C@H]2O. The van der Waals surface area contributed by atoms with E-state index in [1.807, 2.05) is 28.0 Å². The Morgan fingerprint density at radius 2 is 1.33 bits per heavy atom. The van der Waals surface area contributed by atoms with Crippen molar-refractivity contribution in [2.24, 2.45) is 50.2 Å². The number of aromatic nitrogens is 9. The first-order chi connectivity index (χ1) is 29.2. The molecule has 3 aromatic heterocycles. The summed E-state index contributed by atoms with van der Waals surface area (Å²) in [5.41, 5.74) is 2.53. The summed E-state index contributed by atoms with van der Waals surface area (Å²) in [6.45, 7) is 31.8. The fourth-order valence-electron chi connectivity index (χ4n) is 14.0. The van der Waals surface area contributed by atoms with E-state index in [4.69, 9.17) is 0 Å². The Balaban J connectivity index is 0.981. The lowest BCUT2D eigenvalue weighted by molar-refractivity contribution is -0.215. The molecule has 9 atom stereocenters. The molecule has 5 aliphatic carbocycles. The Morgan fingerprint density at radius 3 is 1.92 bits per heavy atom. The third-order valence-electron chi connectivity index (χ3n) is 17.9. The maximum atomic E-state index is 14.9. The van der Waals surface area contributed by atoms with Crippen molar-refractivity contribution in [3.8, 4) is 0 Å². The lowest BCUT2D eigenvalue weighted by atomic mass is 9.33. The van der Waals surface area contributed by atoms with Crippen LogP contribution in [0.1, 0.15) is 165 Å². The quantitative estimate of drug-likeness (QED) is 0.175. The molecule has 8 rings (SSSR count). The van der Waals surface area contributed by atoms with Crippen molar-refractivity contribution in [1.29, 1.82) is 0 Å². The van der Waals surface area contributed by atoms with Crippen LogP contribution in [0.3, 0.4) is 0 Å². The van der Waals surface area contributed by atoms with Crippen LogP contribution in [-0.4, -0.2) is 84.8 Å². The Labute approximate surface area is 376 Å². The Hall–Kier alpha value is -3.49. The van der Waals surface area contributed by atoms with Gasteiger partial charge in [-0.25, -0.2) is 9.36 Å². The van der Waals surface area contributed by atoms with Gasteiger partial charge in [0, 0.05) is 32.4 Å². The van der Waals surface area contributed by atoms with Gasteiger partial charge in [-0.15, -0.1) is 15.3 Å². The Morgan fingerprint density at radius 1 is 0.746 bits per heavy atom. The summed E-state index contributed by atoms with van der Waals surface area (Å²) in [5, 5.41) is 54.0. The van der Waals surface area contributed by atoms with E-state index in [1.165, 1.54) is 5.57 Å². The average molecular weight is 870 g/mol. The maximum Gasteiger partial charge on any atom is 0.229 e. The Kier molecular flexibility index (Phi) is 11.4. The second-order valence-corrected chi connectivity index (χ2v) is 24.9. The highest BCUT2D eigenvalue weighted by Crippen LogP contribution is 2.75. The van der Waals surface area contributed by atoms with E-state index in [0.29, 0.717) is 57.4 Å². The van der Waals surface area contributed by atoms with Crippen LogP contribution in [-0.2, 0) is 42.1 Å². The van der Waals surface area contributed by atoms with E-state index >= 15 is 0 Å². The number of aliphatic hydroxyl groups is 2. The molecule has 3 N–H and O–H groups in total. The molecule has 5 aliphatic rings. The number of aliphatic hydroxyl groups excluding tert-OH is 2. The fourth-order valence-corrected chi connectivity index (χ4v) is 14.0. The zero-order valence-corrected chi connectivity index (χ0v) is 40.9. The molecule has 0 saturated heterocycles.